The summed E-state index contributed by atoms with van der Waals surface area (Å²) in [5.41, 5.74) is 2.13. The molecule has 2 amide bonds. The van der Waals surface area contributed by atoms with Crippen molar-refractivity contribution in [3.63, 3.8) is 0 Å². The molecule has 0 aliphatic carbocycles. The van der Waals surface area contributed by atoms with Crippen LogP contribution in [0, 0.1) is 13.8 Å². The van der Waals surface area contributed by atoms with Crippen LogP contribution in [0.3, 0.4) is 0 Å². The first-order valence-electron chi connectivity index (χ1n) is 6.14. The van der Waals surface area contributed by atoms with Crippen LogP contribution < -0.4 is 10.6 Å². The van der Waals surface area contributed by atoms with Gasteiger partial charge in [0.25, 0.3) is 0 Å². The number of carboxylic acids is 1. The van der Waals surface area contributed by atoms with E-state index in [-0.39, 0.29) is 11.3 Å². The molecule has 0 aliphatic heterocycles. The molecule has 2 rings (SSSR count). The maximum Gasteiger partial charge on any atom is 0.339 e. The molecule has 110 valence electrons. The van der Waals surface area contributed by atoms with Crippen LogP contribution in [0.25, 0.3) is 0 Å². The van der Waals surface area contributed by atoms with Gasteiger partial charge in [0.2, 0.25) is 0 Å². The minimum atomic E-state index is -1.11. The Kier molecular flexibility index (Phi) is 4.18. The number of rotatable bonds is 3. The Morgan fingerprint density at radius 2 is 1.95 bits per heavy atom. The zero-order chi connectivity index (χ0) is 15.6. The number of aromatic amines is 1. The van der Waals surface area contributed by atoms with Gasteiger partial charge in [-0.15, -0.1) is 0 Å². The highest BCUT2D eigenvalue weighted by Gasteiger charge is 2.17. The molecule has 0 bridgehead atoms. The molecule has 0 fully saturated rings. The molecule has 7 heteroatoms. The first-order valence-corrected chi connectivity index (χ1v) is 6.51. The topological polar surface area (TPSA) is 94.2 Å². The Morgan fingerprint density at radius 3 is 2.57 bits per heavy atom. The molecule has 0 unspecified atom stereocenters. The number of aryl methyl sites for hydroxylation is 2. The Labute approximate surface area is 126 Å². The first kappa shape index (κ1) is 14.9. The van der Waals surface area contributed by atoms with E-state index in [1.807, 2.05) is 6.92 Å². The minimum absolute atomic E-state index is 0.0343. The van der Waals surface area contributed by atoms with Gasteiger partial charge in [0.15, 0.2) is 0 Å². The lowest BCUT2D eigenvalue weighted by Crippen LogP contribution is -2.20. The lowest BCUT2D eigenvalue weighted by Gasteiger charge is -2.08. The molecule has 0 saturated carbocycles. The summed E-state index contributed by atoms with van der Waals surface area (Å²) < 4.78 is 0. The van der Waals surface area contributed by atoms with E-state index in [4.69, 9.17) is 16.7 Å². The zero-order valence-electron chi connectivity index (χ0n) is 11.5. The second kappa shape index (κ2) is 5.88. The van der Waals surface area contributed by atoms with Crippen LogP contribution in [0.1, 0.15) is 21.6 Å². The lowest BCUT2D eigenvalue weighted by atomic mass is 10.2. The van der Waals surface area contributed by atoms with Gasteiger partial charge in [0, 0.05) is 22.6 Å². The summed E-state index contributed by atoms with van der Waals surface area (Å²) in [5, 5.41) is 14.7. The fourth-order valence-corrected chi connectivity index (χ4v) is 2.04. The van der Waals surface area contributed by atoms with Crippen molar-refractivity contribution in [1.82, 2.24) is 4.98 Å². The summed E-state index contributed by atoms with van der Waals surface area (Å²) in [6.07, 6.45) is 1.43. The minimum Gasteiger partial charge on any atom is -0.478 e. The number of carbonyl (C=O) groups is 2. The lowest BCUT2D eigenvalue weighted by molar-refractivity contribution is 0.0697. The van der Waals surface area contributed by atoms with Crippen molar-refractivity contribution in [2.75, 3.05) is 10.6 Å². The summed E-state index contributed by atoms with van der Waals surface area (Å²) in [4.78, 5) is 25.8. The number of benzene rings is 1. The van der Waals surface area contributed by atoms with E-state index in [1.165, 1.54) is 6.20 Å². The standard InChI is InChI=1S/C14H14ClN3O3/c1-7-3-4-9(5-10(7)15)17-14(21)18-11-6-16-8(2)12(11)13(19)20/h3-6,16H,1-2H3,(H,19,20)(H2,17,18,21). The maximum absolute atomic E-state index is 11.9. The van der Waals surface area contributed by atoms with Crippen LogP contribution in [0.15, 0.2) is 24.4 Å². The van der Waals surface area contributed by atoms with E-state index >= 15 is 0 Å². The number of anilines is 2. The summed E-state index contributed by atoms with van der Waals surface area (Å²) in [7, 11) is 0. The molecule has 2 aromatic rings. The van der Waals surface area contributed by atoms with Crippen LogP contribution in [0.5, 0.6) is 0 Å². The van der Waals surface area contributed by atoms with Gasteiger partial charge in [-0.05, 0) is 31.5 Å². The molecular formula is C14H14ClN3O3. The van der Waals surface area contributed by atoms with E-state index < -0.39 is 12.0 Å². The Hall–Kier alpha value is -2.47. The number of carboxylic acid groups (broad SMARTS) is 1. The molecule has 0 radical (unpaired) electrons. The quantitative estimate of drug-likeness (QED) is 0.697. The number of amides is 2. The average Bonchev–Trinajstić information content (AvgIpc) is 2.75. The van der Waals surface area contributed by atoms with Crippen molar-refractivity contribution >= 4 is 35.0 Å². The number of hydrogen-bond acceptors (Lipinski definition) is 2. The van der Waals surface area contributed by atoms with Gasteiger partial charge in [-0.25, -0.2) is 9.59 Å². The third-order valence-electron chi connectivity index (χ3n) is 2.97. The third kappa shape index (κ3) is 3.35. The van der Waals surface area contributed by atoms with Crippen molar-refractivity contribution < 1.29 is 14.7 Å². The number of urea groups is 1. The predicted molar refractivity (Wildman–Crippen MR) is 81.3 cm³/mol. The summed E-state index contributed by atoms with van der Waals surface area (Å²) in [6.45, 7) is 3.47. The molecule has 6 nitrogen and oxygen atoms in total. The first-order chi connectivity index (χ1) is 9.88. The molecule has 0 spiro atoms. The van der Waals surface area contributed by atoms with Crippen LogP contribution in [0.4, 0.5) is 16.2 Å². The van der Waals surface area contributed by atoms with Gasteiger partial charge in [-0.3, -0.25) is 0 Å². The van der Waals surface area contributed by atoms with Crippen molar-refractivity contribution in [3.05, 3.63) is 46.2 Å². The van der Waals surface area contributed by atoms with Gasteiger partial charge in [-0.1, -0.05) is 17.7 Å². The second-order valence-electron chi connectivity index (χ2n) is 4.55. The van der Waals surface area contributed by atoms with E-state index in [9.17, 15) is 9.59 Å². The van der Waals surface area contributed by atoms with E-state index in [1.54, 1.807) is 25.1 Å². The number of nitrogens with one attached hydrogen (secondary N) is 3. The molecule has 4 N–H and O–H groups in total. The van der Waals surface area contributed by atoms with Crippen LogP contribution in [0.2, 0.25) is 5.02 Å². The highest BCUT2D eigenvalue weighted by molar-refractivity contribution is 6.31. The maximum atomic E-state index is 11.9. The molecule has 0 aliphatic rings. The Balaban J connectivity index is 2.12. The van der Waals surface area contributed by atoms with E-state index in [0.717, 1.165) is 5.56 Å². The SMILES string of the molecule is Cc1ccc(NC(=O)Nc2c[nH]c(C)c2C(=O)O)cc1Cl. The molecule has 1 heterocycles. The average molecular weight is 308 g/mol. The van der Waals surface area contributed by atoms with Gasteiger partial charge >= 0.3 is 12.0 Å². The van der Waals surface area contributed by atoms with Gasteiger partial charge in [0.1, 0.15) is 5.56 Å². The second-order valence-corrected chi connectivity index (χ2v) is 4.96. The highest BCUT2D eigenvalue weighted by Crippen LogP contribution is 2.21. The Morgan fingerprint density at radius 1 is 1.24 bits per heavy atom. The number of H-pyrrole nitrogens is 1. The van der Waals surface area contributed by atoms with Gasteiger partial charge in [0.05, 0.1) is 5.69 Å². The highest BCUT2D eigenvalue weighted by atomic mass is 35.5. The van der Waals surface area contributed by atoms with E-state index in [2.05, 4.69) is 15.6 Å². The fraction of sp³-hybridized carbons (Fsp3) is 0.143. The Bertz CT molecular complexity index is 709. The summed E-state index contributed by atoms with van der Waals surface area (Å²) in [5.74, 6) is -1.11. The molecule has 1 aromatic heterocycles. The molecule has 1 aromatic carbocycles. The number of aromatic carboxylic acids is 1. The monoisotopic (exact) mass is 307 g/mol. The summed E-state index contributed by atoms with van der Waals surface area (Å²) in [6, 6.07) is 4.57. The van der Waals surface area contributed by atoms with Crippen LogP contribution in [-0.4, -0.2) is 22.1 Å². The van der Waals surface area contributed by atoms with Crippen molar-refractivity contribution in [2.45, 2.75) is 13.8 Å². The number of hydrogen-bond donors (Lipinski definition) is 4. The third-order valence-corrected chi connectivity index (χ3v) is 3.38. The van der Waals surface area contributed by atoms with Crippen molar-refractivity contribution in [2.24, 2.45) is 0 Å². The molecule has 0 atom stereocenters. The van der Waals surface area contributed by atoms with Gasteiger partial charge in [-0.2, -0.15) is 0 Å². The largest absolute Gasteiger partial charge is 0.478 e. The van der Waals surface area contributed by atoms with Crippen molar-refractivity contribution in [1.29, 1.82) is 0 Å². The number of aromatic nitrogens is 1. The summed E-state index contributed by atoms with van der Waals surface area (Å²) >= 11 is 5.97. The predicted octanol–water partition coefficient (Wildman–Crippen LogP) is 3.63. The van der Waals surface area contributed by atoms with Crippen LogP contribution in [-0.2, 0) is 0 Å². The zero-order valence-corrected chi connectivity index (χ0v) is 12.2. The van der Waals surface area contributed by atoms with E-state index in [0.29, 0.717) is 16.4 Å². The molecular weight excluding hydrogens is 294 g/mol. The van der Waals surface area contributed by atoms with Crippen molar-refractivity contribution in [3.8, 4) is 0 Å². The molecule has 21 heavy (non-hydrogen) atoms. The normalized spacial score (nSPS) is 10.2. The molecule has 0 saturated heterocycles. The number of halogens is 1. The number of carbonyl (C=O) groups excluding carboxylic acids is 1. The van der Waals surface area contributed by atoms with Gasteiger partial charge < -0.3 is 20.7 Å². The van der Waals surface area contributed by atoms with Crippen LogP contribution >= 0.6 is 11.6 Å². The fourth-order valence-electron chi connectivity index (χ4n) is 1.86. The smallest absolute Gasteiger partial charge is 0.339 e.